The first kappa shape index (κ1) is 17.4. The summed E-state index contributed by atoms with van der Waals surface area (Å²) < 4.78 is 1.87. The summed E-state index contributed by atoms with van der Waals surface area (Å²) in [4.78, 5) is 18.7. The number of carbonyl (C=O) groups excluding carboxylic acids is 1. The maximum atomic E-state index is 12.5. The third-order valence-electron chi connectivity index (χ3n) is 5.29. The summed E-state index contributed by atoms with van der Waals surface area (Å²) in [7, 11) is 0. The molecule has 8 nitrogen and oxygen atoms in total. The van der Waals surface area contributed by atoms with Crippen LogP contribution in [0.4, 0.5) is 5.82 Å². The van der Waals surface area contributed by atoms with Crippen LogP contribution >= 0.6 is 11.6 Å². The molecule has 1 saturated heterocycles. The number of hydrogen-bond donors (Lipinski definition) is 1. The zero-order valence-corrected chi connectivity index (χ0v) is 16.0. The summed E-state index contributed by atoms with van der Waals surface area (Å²) in [6, 6.07) is 7.31. The van der Waals surface area contributed by atoms with Crippen molar-refractivity contribution in [3.63, 3.8) is 0 Å². The van der Waals surface area contributed by atoms with Crippen LogP contribution in [0.2, 0.25) is 5.15 Å². The lowest BCUT2D eigenvalue weighted by atomic mass is 10.1. The zero-order chi connectivity index (χ0) is 19.1. The summed E-state index contributed by atoms with van der Waals surface area (Å²) in [5.41, 5.74) is 1.29. The van der Waals surface area contributed by atoms with Gasteiger partial charge in [-0.3, -0.25) is 4.79 Å². The molecule has 0 bridgehead atoms. The third kappa shape index (κ3) is 3.40. The monoisotopic (exact) mass is 397 g/mol. The average molecular weight is 398 g/mol. The normalized spacial score (nSPS) is 19.8. The van der Waals surface area contributed by atoms with Crippen LogP contribution in [0.3, 0.4) is 0 Å². The van der Waals surface area contributed by atoms with Crippen molar-refractivity contribution in [3.8, 4) is 0 Å². The Morgan fingerprint density at radius 1 is 1.14 bits per heavy atom. The molecule has 3 aromatic heterocycles. The molecular formula is C19H20ClN7O. The van der Waals surface area contributed by atoms with E-state index in [1.165, 1.54) is 6.20 Å². The topological polar surface area (TPSA) is 88.3 Å². The van der Waals surface area contributed by atoms with Gasteiger partial charge in [-0.15, -0.1) is 15.3 Å². The molecule has 3 aromatic rings. The lowest BCUT2D eigenvalue weighted by molar-refractivity contribution is 0.0932. The van der Waals surface area contributed by atoms with Gasteiger partial charge in [0.15, 0.2) is 11.5 Å². The van der Waals surface area contributed by atoms with Crippen molar-refractivity contribution in [2.45, 2.75) is 37.6 Å². The zero-order valence-electron chi connectivity index (χ0n) is 15.3. The molecule has 9 heteroatoms. The van der Waals surface area contributed by atoms with Gasteiger partial charge in [0.2, 0.25) is 0 Å². The molecule has 1 unspecified atom stereocenters. The van der Waals surface area contributed by atoms with E-state index in [4.69, 9.17) is 16.7 Å². The van der Waals surface area contributed by atoms with Gasteiger partial charge < -0.3 is 10.2 Å². The van der Waals surface area contributed by atoms with Gasteiger partial charge in [0.05, 0.1) is 5.56 Å². The fourth-order valence-corrected chi connectivity index (χ4v) is 3.75. The fraction of sp³-hybridized carbons (Fsp3) is 0.421. The van der Waals surface area contributed by atoms with Crippen LogP contribution in [0.1, 0.15) is 47.8 Å². The highest BCUT2D eigenvalue weighted by atomic mass is 35.5. The van der Waals surface area contributed by atoms with Crippen molar-refractivity contribution < 1.29 is 4.79 Å². The Morgan fingerprint density at radius 2 is 2.04 bits per heavy atom. The highest BCUT2D eigenvalue weighted by Crippen LogP contribution is 2.38. The molecule has 2 fully saturated rings. The predicted molar refractivity (Wildman–Crippen MR) is 105 cm³/mol. The maximum absolute atomic E-state index is 12.5. The maximum Gasteiger partial charge on any atom is 0.253 e. The summed E-state index contributed by atoms with van der Waals surface area (Å²) in [6.07, 6.45) is 5.74. The SMILES string of the molecule is O=C(NC1CCCN(c2ccc3nnc(C4CC4)n3n2)C1)c1ccc(Cl)nc1. The van der Waals surface area contributed by atoms with Crippen molar-refractivity contribution in [3.05, 3.63) is 47.0 Å². The molecule has 4 heterocycles. The number of fused-ring (bicyclic) bond motifs is 1. The predicted octanol–water partition coefficient (Wildman–Crippen LogP) is 2.45. The molecule has 0 spiro atoms. The Bertz CT molecular complexity index is 1010. The van der Waals surface area contributed by atoms with Gasteiger partial charge in [0.1, 0.15) is 11.0 Å². The first-order valence-corrected chi connectivity index (χ1v) is 9.95. The number of pyridine rings is 1. The molecule has 0 radical (unpaired) electrons. The summed E-state index contributed by atoms with van der Waals surface area (Å²) in [6.45, 7) is 1.63. The Balaban J connectivity index is 1.31. The average Bonchev–Trinajstić information content (AvgIpc) is 3.47. The molecule has 0 aromatic carbocycles. The molecule has 1 saturated carbocycles. The van der Waals surface area contributed by atoms with Crippen molar-refractivity contribution in [1.82, 2.24) is 30.1 Å². The first-order valence-electron chi connectivity index (χ1n) is 9.57. The number of piperidine rings is 1. The number of rotatable bonds is 4. The fourth-order valence-electron chi connectivity index (χ4n) is 3.64. The van der Waals surface area contributed by atoms with Gasteiger partial charge in [-0.1, -0.05) is 11.6 Å². The van der Waals surface area contributed by atoms with Crippen LogP contribution in [0.25, 0.3) is 5.65 Å². The Labute approximate surface area is 166 Å². The molecule has 1 N–H and O–H groups in total. The van der Waals surface area contributed by atoms with Gasteiger partial charge >= 0.3 is 0 Å². The van der Waals surface area contributed by atoms with Crippen LogP contribution in [-0.4, -0.2) is 49.8 Å². The minimum atomic E-state index is -0.130. The van der Waals surface area contributed by atoms with Crippen LogP contribution in [0.15, 0.2) is 30.5 Å². The molecule has 28 heavy (non-hydrogen) atoms. The lowest BCUT2D eigenvalue weighted by Gasteiger charge is -2.33. The van der Waals surface area contributed by atoms with E-state index in [-0.39, 0.29) is 11.9 Å². The summed E-state index contributed by atoms with van der Waals surface area (Å²) in [5.74, 6) is 2.20. The lowest BCUT2D eigenvalue weighted by Crippen LogP contribution is -2.48. The van der Waals surface area contributed by atoms with Crippen molar-refractivity contribution >= 4 is 29.0 Å². The van der Waals surface area contributed by atoms with Gasteiger partial charge in [0, 0.05) is 31.2 Å². The quantitative estimate of drug-likeness (QED) is 0.680. The molecule has 2 aliphatic rings. The number of hydrogen-bond acceptors (Lipinski definition) is 6. The van der Waals surface area contributed by atoms with E-state index in [9.17, 15) is 4.79 Å². The van der Waals surface area contributed by atoms with E-state index in [1.54, 1.807) is 12.1 Å². The van der Waals surface area contributed by atoms with Crippen molar-refractivity contribution in [1.29, 1.82) is 0 Å². The minimum Gasteiger partial charge on any atom is -0.353 e. The number of carbonyl (C=O) groups is 1. The van der Waals surface area contributed by atoms with E-state index in [1.807, 2.05) is 16.6 Å². The van der Waals surface area contributed by atoms with Crippen LogP contribution in [0, 0.1) is 0 Å². The van der Waals surface area contributed by atoms with E-state index in [2.05, 4.69) is 25.4 Å². The molecule has 1 aliphatic heterocycles. The second kappa shape index (κ2) is 7.01. The summed E-state index contributed by atoms with van der Waals surface area (Å²) >= 11 is 5.80. The number of halogens is 1. The molecule has 1 atom stereocenters. The van der Waals surface area contributed by atoms with Gasteiger partial charge in [-0.2, -0.15) is 4.52 Å². The number of aromatic nitrogens is 5. The smallest absolute Gasteiger partial charge is 0.253 e. The minimum absolute atomic E-state index is 0.0539. The van der Waals surface area contributed by atoms with Crippen LogP contribution in [0.5, 0.6) is 0 Å². The van der Waals surface area contributed by atoms with Crippen molar-refractivity contribution in [2.75, 3.05) is 18.0 Å². The van der Waals surface area contributed by atoms with E-state index >= 15 is 0 Å². The highest BCUT2D eigenvalue weighted by molar-refractivity contribution is 6.29. The number of amides is 1. The summed E-state index contributed by atoms with van der Waals surface area (Å²) in [5, 5.41) is 16.8. The van der Waals surface area contributed by atoms with Gasteiger partial charge in [-0.25, -0.2) is 4.98 Å². The molecule has 144 valence electrons. The standard InChI is InChI=1S/C19H20ClN7O/c20-15-6-5-13(10-21-15)19(28)22-14-2-1-9-26(11-14)17-8-7-16-23-24-18(12-3-4-12)27(16)25-17/h5-8,10,12,14H,1-4,9,11H2,(H,22,28). The molecule has 5 rings (SSSR count). The Kier molecular flexibility index (Phi) is 4.35. The Hall–Kier alpha value is -2.74. The first-order chi connectivity index (χ1) is 13.7. The number of anilines is 1. The second-order valence-corrected chi connectivity index (χ2v) is 7.81. The van der Waals surface area contributed by atoms with E-state index < -0.39 is 0 Å². The number of nitrogens with zero attached hydrogens (tertiary/aromatic N) is 6. The molecule has 1 amide bonds. The van der Waals surface area contributed by atoms with Crippen LogP contribution in [-0.2, 0) is 0 Å². The second-order valence-electron chi connectivity index (χ2n) is 7.42. The van der Waals surface area contributed by atoms with E-state index in [0.717, 1.165) is 49.5 Å². The van der Waals surface area contributed by atoms with Gasteiger partial charge in [0.25, 0.3) is 5.91 Å². The highest BCUT2D eigenvalue weighted by Gasteiger charge is 2.30. The Morgan fingerprint density at radius 3 is 2.82 bits per heavy atom. The molecule has 1 aliphatic carbocycles. The largest absolute Gasteiger partial charge is 0.353 e. The van der Waals surface area contributed by atoms with Crippen LogP contribution < -0.4 is 10.2 Å². The van der Waals surface area contributed by atoms with Crippen molar-refractivity contribution in [2.24, 2.45) is 0 Å². The third-order valence-corrected chi connectivity index (χ3v) is 5.51. The van der Waals surface area contributed by atoms with Gasteiger partial charge in [-0.05, 0) is 49.9 Å². The van der Waals surface area contributed by atoms with E-state index in [0.29, 0.717) is 23.2 Å². The molecular weight excluding hydrogens is 378 g/mol. The number of nitrogens with one attached hydrogen (secondary N) is 1.